The van der Waals surface area contributed by atoms with Gasteiger partial charge >= 0.3 is 0 Å². The zero-order chi connectivity index (χ0) is 10.4. The molecule has 0 bridgehead atoms. The Hall–Kier alpha value is -0.0800. The third kappa shape index (κ3) is 4.63. The van der Waals surface area contributed by atoms with Crippen LogP contribution in [0.5, 0.6) is 0 Å². The third-order valence-electron chi connectivity index (χ3n) is 2.81. The van der Waals surface area contributed by atoms with E-state index in [0.29, 0.717) is 17.9 Å². The first-order chi connectivity index (χ1) is 6.02. The molecule has 0 heterocycles. The molecule has 2 nitrogen and oxygen atoms in total. The Labute approximate surface area is 82.7 Å². The molecule has 0 aliphatic carbocycles. The third-order valence-corrected chi connectivity index (χ3v) is 2.81. The second-order valence-electron chi connectivity index (χ2n) is 4.26. The van der Waals surface area contributed by atoms with E-state index in [2.05, 4.69) is 39.9 Å². The van der Waals surface area contributed by atoms with Crippen molar-refractivity contribution in [1.29, 1.82) is 0 Å². The van der Waals surface area contributed by atoms with Crippen molar-refractivity contribution in [2.45, 2.75) is 59.7 Å². The summed E-state index contributed by atoms with van der Waals surface area (Å²) in [7, 11) is 0. The van der Waals surface area contributed by atoms with Gasteiger partial charge in [0.15, 0.2) is 0 Å². The molecule has 0 saturated carbocycles. The maximum Gasteiger partial charge on any atom is 0.107 e. The second kappa shape index (κ2) is 6.39. The van der Waals surface area contributed by atoms with E-state index in [0.717, 1.165) is 12.8 Å². The Morgan fingerprint density at radius 2 is 1.62 bits per heavy atom. The molecule has 0 saturated heterocycles. The lowest BCUT2D eigenvalue weighted by Crippen LogP contribution is -2.44. The normalized spacial score (nSPS) is 18.7. The Balaban J connectivity index is 3.93. The molecular formula is C11H25NO. The molecular weight excluding hydrogens is 162 g/mol. The minimum absolute atomic E-state index is 0.341. The monoisotopic (exact) mass is 187 g/mol. The molecule has 0 radical (unpaired) electrons. The summed E-state index contributed by atoms with van der Waals surface area (Å²) in [5.74, 6) is 0.927. The van der Waals surface area contributed by atoms with E-state index in [1.54, 1.807) is 0 Å². The van der Waals surface area contributed by atoms with Gasteiger partial charge in [-0.3, -0.25) is 5.32 Å². The molecule has 2 heteroatoms. The fraction of sp³-hybridized carbons (Fsp3) is 1.00. The first kappa shape index (κ1) is 12.9. The van der Waals surface area contributed by atoms with Crippen LogP contribution in [0.3, 0.4) is 0 Å². The quantitative estimate of drug-likeness (QED) is 0.626. The van der Waals surface area contributed by atoms with Gasteiger partial charge in [0.05, 0.1) is 0 Å². The average molecular weight is 187 g/mol. The first-order valence-electron chi connectivity index (χ1n) is 5.46. The summed E-state index contributed by atoms with van der Waals surface area (Å²) in [4.78, 5) is 0. The largest absolute Gasteiger partial charge is 0.378 e. The highest BCUT2D eigenvalue weighted by Gasteiger charge is 2.18. The van der Waals surface area contributed by atoms with Crippen molar-refractivity contribution in [3.63, 3.8) is 0 Å². The summed E-state index contributed by atoms with van der Waals surface area (Å²) >= 11 is 0. The van der Waals surface area contributed by atoms with Crippen LogP contribution in [0.15, 0.2) is 0 Å². The highest BCUT2D eigenvalue weighted by molar-refractivity contribution is 4.72. The molecule has 0 fully saturated rings. The summed E-state index contributed by atoms with van der Waals surface area (Å²) in [6, 6.07) is 0.434. The smallest absolute Gasteiger partial charge is 0.107 e. The van der Waals surface area contributed by atoms with Crippen LogP contribution in [0.1, 0.15) is 47.5 Å². The zero-order valence-electron chi connectivity index (χ0n) is 9.67. The van der Waals surface area contributed by atoms with Crippen molar-refractivity contribution in [2.24, 2.45) is 11.8 Å². The van der Waals surface area contributed by atoms with E-state index in [9.17, 15) is 5.11 Å². The number of hydrogen-bond acceptors (Lipinski definition) is 2. The number of aliphatic hydroxyl groups excluding tert-OH is 1. The highest BCUT2D eigenvalue weighted by Crippen LogP contribution is 2.10. The maximum atomic E-state index is 9.76. The van der Waals surface area contributed by atoms with Crippen molar-refractivity contribution < 1.29 is 5.11 Å². The molecule has 80 valence electrons. The van der Waals surface area contributed by atoms with Crippen molar-refractivity contribution in [2.75, 3.05) is 0 Å². The lowest BCUT2D eigenvalue weighted by molar-refractivity contribution is 0.0606. The predicted octanol–water partition coefficient (Wildman–Crippen LogP) is 2.38. The van der Waals surface area contributed by atoms with Gasteiger partial charge in [-0.25, -0.2) is 0 Å². The van der Waals surface area contributed by atoms with Gasteiger partial charge in [-0.2, -0.15) is 0 Å². The number of nitrogens with one attached hydrogen (secondary N) is 1. The van der Waals surface area contributed by atoms with E-state index in [4.69, 9.17) is 0 Å². The minimum atomic E-state index is -0.350. The first-order valence-corrected chi connectivity index (χ1v) is 5.46. The van der Waals surface area contributed by atoms with Crippen LogP contribution in [0.2, 0.25) is 0 Å². The van der Waals surface area contributed by atoms with Crippen LogP contribution >= 0.6 is 0 Å². The van der Waals surface area contributed by atoms with Gasteiger partial charge in [0.25, 0.3) is 0 Å². The van der Waals surface area contributed by atoms with Crippen molar-refractivity contribution in [3.05, 3.63) is 0 Å². The molecule has 0 amide bonds. The van der Waals surface area contributed by atoms with E-state index in [1.807, 2.05) is 0 Å². The number of rotatable bonds is 6. The zero-order valence-corrected chi connectivity index (χ0v) is 9.67. The van der Waals surface area contributed by atoms with Crippen LogP contribution in [0.25, 0.3) is 0 Å². The predicted molar refractivity (Wildman–Crippen MR) is 57.5 cm³/mol. The summed E-state index contributed by atoms with van der Waals surface area (Å²) in [6.45, 7) is 10.7. The molecule has 0 aliphatic rings. The molecule has 0 spiro atoms. The molecule has 13 heavy (non-hydrogen) atoms. The fourth-order valence-corrected chi connectivity index (χ4v) is 1.39. The van der Waals surface area contributed by atoms with E-state index >= 15 is 0 Å². The molecule has 0 rings (SSSR count). The van der Waals surface area contributed by atoms with Crippen LogP contribution in [-0.4, -0.2) is 17.4 Å². The van der Waals surface area contributed by atoms with Crippen LogP contribution in [0.4, 0.5) is 0 Å². The summed E-state index contributed by atoms with van der Waals surface area (Å²) in [6.07, 6.45) is 1.74. The molecule has 2 unspecified atom stereocenters. The molecule has 0 aromatic heterocycles. The number of hydrogen-bond donors (Lipinski definition) is 2. The van der Waals surface area contributed by atoms with Gasteiger partial charge in [-0.05, 0) is 24.7 Å². The summed E-state index contributed by atoms with van der Waals surface area (Å²) in [5.41, 5.74) is 0. The molecule has 2 N–H and O–H groups in total. The van der Waals surface area contributed by atoms with Gasteiger partial charge in [0.1, 0.15) is 6.23 Å². The van der Waals surface area contributed by atoms with Gasteiger partial charge in [-0.15, -0.1) is 0 Å². The lowest BCUT2D eigenvalue weighted by Gasteiger charge is -2.27. The van der Waals surface area contributed by atoms with E-state index in [-0.39, 0.29) is 6.23 Å². The van der Waals surface area contributed by atoms with Gasteiger partial charge in [0.2, 0.25) is 0 Å². The standard InChI is InChI=1S/C11H25NO/c1-6-9(5)11(13)12-10(7-2)8(3)4/h8-13H,6-7H2,1-5H3/t9?,10?,11-/m1/s1. The van der Waals surface area contributed by atoms with E-state index < -0.39 is 0 Å². The summed E-state index contributed by atoms with van der Waals surface area (Å²) < 4.78 is 0. The van der Waals surface area contributed by atoms with Gasteiger partial charge in [0, 0.05) is 6.04 Å². The van der Waals surface area contributed by atoms with E-state index in [1.165, 1.54) is 0 Å². The molecule has 0 aliphatic heterocycles. The SMILES string of the molecule is CCC(N[C@H](O)C(C)CC)C(C)C. The second-order valence-corrected chi connectivity index (χ2v) is 4.26. The Kier molecular flexibility index (Phi) is 6.35. The average Bonchev–Trinajstić information content (AvgIpc) is 2.11. The maximum absolute atomic E-state index is 9.76. The number of aliphatic hydroxyl groups is 1. The highest BCUT2D eigenvalue weighted by atomic mass is 16.3. The van der Waals surface area contributed by atoms with Gasteiger partial charge in [-0.1, -0.05) is 34.6 Å². The Morgan fingerprint density at radius 3 is 1.92 bits per heavy atom. The molecule has 3 atom stereocenters. The Morgan fingerprint density at radius 1 is 1.08 bits per heavy atom. The minimum Gasteiger partial charge on any atom is -0.378 e. The van der Waals surface area contributed by atoms with Crippen LogP contribution in [-0.2, 0) is 0 Å². The van der Waals surface area contributed by atoms with Crippen molar-refractivity contribution in [3.8, 4) is 0 Å². The lowest BCUT2D eigenvalue weighted by atomic mass is 9.99. The van der Waals surface area contributed by atoms with Crippen LogP contribution < -0.4 is 5.32 Å². The summed E-state index contributed by atoms with van der Waals surface area (Å²) in [5, 5.41) is 13.0. The topological polar surface area (TPSA) is 32.3 Å². The van der Waals surface area contributed by atoms with Crippen molar-refractivity contribution >= 4 is 0 Å². The van der Waals surface area contributed by atoms with Gasteiger partial charge < -0.3 is 5.11 Å². The molecule has 0 aromatic carbocycles. The molecule has 0 aromatic rings. The Bertz CT molecular complexity index is 125. The van der Waals surface area contributed by atoms with Crippen LogP contribution in [0, 0.1) is 11.8 Å². The fourth-order valence-electron chi connectivity index (χ4n) is 1.39. The van der Waals surface area contributed by atoms with Crippen molar-refractivity contribution in [1.82, 2.24) is 5.32 Å².